The van der Waals surface area contributed by atoms with Crippen molar-refractivity contribution in [2.24, 2.45) is 11.7 Å². The fourth-order valence-corrected chi connectivity index (χ4v) is 4.74. The van der Waals surface area contributed by atoms with Crippen molar-refractivity contribution in [2.75, 3.05) is 6.54 Å². The van der Waals surface area contributed by atoms with Crippen LogP contribution >= 0.6 is 11.6 Å². The average molecular weight is 640 g/mol. The standard InChI is InChI=1S/C28H26ClF8N3O3/c29-17-10-11-20(39-14-17)23(21(41)12-9-16(27(33,34)35)13-40-26(38)42)22(15-5-2-1-3-6-15)18-7-4-8-19(30)24(18)43-28(36,37)25(31)32/h1-8,10-11,14,16,21-23,25,41H,9,12-13H2,(H3,38,40,42)/t16?,21?,22-,23?/m0/s1. The number of carbonyl (C=O) groups excluding carboxylic acids is 1. The van der Waals surface area contributed by atoms with Gasteiger partial charge in [0.25, 0.3) is 0 Å². The van der Waals surface area contributed by atoms with Gasteiger partial charge in [-0.2, -0.15) is 30.7 Å². The van der Waals surface area contributed by atoms with Gasteiger partial charge in [0.15, 0.2) is 11.6 Å². The number of nitrogens with zero attached hydrogens (tertiary/aromatic N) is 1. The van der Waals surface area contributed by atoms with E-state index in [2.05, 4.69) is 9.72 Å². The van der Waals surface area contributed by atoms with E-state index in [1.54, 1.807) is 6.07 Å². The highest BCUT2D eigenvalue weighted by atomic mass is 35.5. The summed E-state index contributed by atoms with van der Waals surface area (Å²) in [5, 5.41) is 13.5. The quantitative estimate of drug-likeness (QED) is 0.175. The molecule has 4 N–H and O–H groups in total. The minimum Gasteiger partial charge on any atom is -0.425 e. The maximum atomic E-state index is 15.0. The van der Waals surface area contributed by atoms with E-state index in [4.69, 9.17) is 17.3 Å². The van der Waals surface area contributed by atoms with Crippen molar-refractivity contribution in [3.05, 3.63) is 94.5 Å². The number of hydrogen-bond donors (Lipinski definition) is 3. The molecule has 43 heavy (non-hydrogen) atoms. The molecule has 3 aromatic rings. The Morgan fingerprint density at radius 1 is 1.00 bits per heavy atom. The van der Waals surface area contributed by atoms with Crippen LogP contribution in [0.15, 0.2) is 66.9 Å². The second-order valence-corrected chi connectivity index (χ2v) is 10.0. The molecule has 3 rings (SSSR count). The summed E-state index contributed by atoms with van der Waals surface area (Å²) in [5.41, 5.74) is 4.75. The second-order valence-electron chi connectivity index (χ2n) is 9.57. The summed E-state index contributed by atoms with van der Waals surface area (Å²) < 4.78 is 115. The van der Waals surface area contributed by atoms with Crippen molar-refractivity contribution < 1.29 is 49.8 Å². The van der Waals surface area contributed by atoms with Gasteiger partial charge in [0, 0.05) is 35.8 Å². The van der Waals surface area contributed by atoms with Crippen LogP contribution in [-0.4, -0.2) is 47.5 Å². The molecule has 2 aromatic carbocycles. The number of halogens is 9. The van der Waals surface area contributed by atoms with E-state index in [0.29, 0.717) is 6.07 Å². The smallest absolute Gasteiger partial charge is 0.425 e. The maximum Gasteiger partial charge on any atom is 0.461 e. The monoisotopic (exact) mass is 639 g/mol. The van der Waals surface area contributed by atoms with E-state index in [0.717, 1.165) is 12.1 Å². The number of hydrogen-bond acceptors (Lipinski definition) is 4. The largest absolute Gasteiger partial charge is 0.461 e. The van der Waals surface area contributed by atoms with Crippen molar-refractivity contribution in [1.82, 2.24) is 10.3 Å². The first-order valence-electron chi connectivity index (χ1n) is 12.7. The Labute approximate surface area is 245 Å². The second kappa shape index (κ2) is 14.2. The summed E-state index contributed by atoms with van der Waals surface area (Å²) in [6.45, 7) is -0.887. The molecular weight excluding hydrogens is 614 g/mol. The predicted molar refractivity (Wildman–Crippen MR) is 141 cm³/mol. The number of benzene rings is 2. The van der Waals surface area contributed by atoms with Gasteiger partial charge in [0.05, 0.1) is 17.0 Å². The van der Waals surface area contributed by atoms with E-state index in [1.165, 1.54) is 42.6 Å². The number of pyridine rings is 1. The number of alkyl halides is 7. The number of ether oxygens (including phenoxy) is 1. The van der Waals surface area contributed by atoms with E-state index in [1.807, 2.05) is 5.32 Å². The lowest BCUT2D eigenvalue weighted by Crippen LogP contribution is -2.39. The van der Waals surface area contributed by atoms with Crippen molar-refractivity contribution in [3.63, 3.8) is 0 Å². The number of nitrogens with two attached hydrogens (primary N) is 1. The lowest BCUT2D eigenvalue weighted by molar-refractivity contribution is -0.254. The van der Waals surface area contributed by atoms with E-state index in [-0.39, 0.29) is 16.3 Å². The Morgan fingerprint density at radius 3 is 2.23 bits per heavy atom. The molecule has 0 aliphatic heterocycles. The van der Waals surface area contributed by atoms with Gasteiger partial charge in [-0.25, -0.2) is 9.18 Å². The van der Waals surface area contributed by atoms with Gasteiger partial charge < -0.3 is 20.9 Å². The Bertz CT molecular complexity index is 1350. The fourth-order valence-electron chi connectivity index (χ4n) is 4.63. The van der Waals surface area contributed by atoms with Crippen LogP contribution in [0.4, 0.5) is 39.9 Å². The highest BCUT2D eigenvalue weighted by Gasteiger charge is 2.46. The van der Waals surface area contributed by atoms with Gasteiger partial charge in [-0.15, -0.1) is 0 Å². The lowest BCUT2D eigenvalue weighted by atomic mass is 9.74. The lowest BCUT2D eigenvalue weighted by Gasteiger charge is -2.34. The third-order valence-electron chi connectivity index (χ3n) is 6.65. The van der Waals surface area contributed by atoms with Crippen molar-refractivity contribution in [2.45, 2.75) is 49.5 Å². The molecule has 15 heteroatoms. The molecule has 0 saturated carbocycles. The van der Waals surface area contributed by atoms with Gasteiger partial charge in [-0.05, 0) is 36.6 Å². The minimum absolute atomic E-state index is 0.0143. The Kier molecular flexibility index (Phi) is 11.2. The minimum atomic E-state index is -5.11. The average Bonchev–Trinajstić information content (AvgIpc) is 2.93. The van der Waals surface area contributed by atoms with Gasteiger partial charge in [0.2, 0.25) is 0 Å². The first-order chi connectivity index (χ1) is 20.1. The molecule has 1 heterocycles. The number of nitrogens with one attached hydrogen (secondary N) is 1. The van der Waals surface area contributed by atoms with Crippen molar-refractivity contribution in [3.8, 4) is 5.75 Å². The van der Waals surface area contributed by atoms with E-state index < -0.39 is 85.1 Å². The molecule has 1 aromatic heterocycles. The van der Waals surface area contributed by atoms with Crippen LogP contribution in [0.2, 0.25) is 5.02 Å². The predicted octanol–water partition coefficient (Wildman–Crippen LogP) is 7.01. The number of aromatic nitrogens is 1. The summed E-state index contributed by atoms with van der Waals surface area (Å²) in [7, 11) is 0. The number of aliphatic hydroxyl groups excluding tert-OH is 1. The van der Waals surface area contributed by atoms with Gasteiger partial charge >= 0.3 is 24.7 Å². The van der Waals surface area contributed by atoms with Crippen LogP contribution in [0.25, 0.3) is 0 Å². The topological polar surface area (TPSA) is 97.5 Å². The van der Waals surface area contributed by atoms with Crippen LogP contribution in [0, 0.1) is 11.7 Å². The van der Waals surface area contributed by atoms with Crippen LogP contribution in [0.1, 0.15) is 41.5 Å². The van der Waals surface area contributed by atoms with Crippen LogP contribution < -0.4 is 15.8 Å². The number of urea groups is 1. The zero-order chi connectivity index (χ0) is 31.9. The summed E-state index contributed by atoms with van der Waals surface area (Å²) in [4.78, 5) is 15.2. The van der Waals surface area contributed by atoms with Crippen molar-refractivity contribution in [1.29, 1.82) is 0 Å². The SMILES string of the molecule is NC(=O)NCC(CCC(O)C(c1ccc(Cl)cn1)[C@@H](c1ccccc1)c1cccc(F)c1OC(F)(F)C(F)F)C(F)(F)F. The zero-order valence-electron chi connectivity index (χ0n) is 22.0. The van der Waals surface area contributed by atoms with E-state index >= 15 is 4.39 Å². The maximum absolute atomic E-state index is 15.0. The third-order valence-corrected chi connectivity index (χ3v) is 6.87. The normalized spacial score (nSPS) is 15.0. The van der Waals surface area contributed by atoms with Crippen molar-refractivity contribution >= 4 is 17.6 Å². The fraction of sp³-hybridized carbons (Fsp3) is 0.357. The third kappa shape index (κ3) is 8.92. The molecule has 0 bridgehead atoms. The number of para-hydroxylation sites is 1. The first-order valence-corrected chi connectivity index (χ1v) is 13.1. The Morgan fingerprint density at radius 2 is 1.67 bits per heavy atom. The number of amides is 2. The van der Waals surface area contributed by atoms with E-state index in [9.17, 15) is 40.6 Å². The number of primary amides is 1. The van der Waals surface area contributed by atoms with Crippen LogP contribution in [0.3, 0.4) is 0 Å². The molecule has 0 aliphatic rings. The molecule has 0 spiro atoms. The Hall–Kier alpha value is -3.65. The molecule has 234 valence electrons. The molecule has 0 radical (unpaired) electrons. The molecule has 0 fully saturated rings. The zero-order valence-corrected chi connectivity index (χ0v) is 22.8. The molecule has 2 amide bonds. The summed E-state index contributed by atoms with van der Waals surface area (Å²) >= 11 is 5.95. The molecule has 0 aliphatic carbocycles. The van der Waals surface area contributed by atoms with Gasteiger partial charge in [-0.1, -0.05) is 54.1 Å². The van der Waals surface area contributed by atoms with Crippen LogP contribution in [0.5, 0.6) is 5.75 Å². The highest BCUT2D eigenvalue weighted by molar-refractivity contribution is 6.30. The van der Waals surface area contributed by atoms with Crippen LogP contribution in [-0.2, 0) is 0 Å². The number of rotatable bonds is 13. The molecule has 6 nitrogen and oxygen atoms in total. The van der Waals surface area contributed by atoms with Gasteiger partial charge in [-0.3, -0.25) is 4.98 Å². The molecule has 3 unspecified atom stereocenters. The molecular formula is C28H26ClF8N3O3. The molecule has 0 saturated heterocycles. The van der Waals surface area contributed by atoms with Gasteiger partial charge in [0.1, 0.15) is 0 Å². The summed E-state index contributed by atoms with van der Waals surface area (Å²) in [6.07, 6.45) is -16.1. The summed E-state index contributed by atoms with van der Waals surface area (Å²) in [5.74, 6) is -7.54. The first kappa shape index (κ1) is 33.8. The number of carbonyl (C=O) groups is 1. The summed E-state index contributed by atoms with van der Waals surface area (Å²) in [6, 6.07) is 12.0. The number of aliphatic hydroxyl groups is 1. The molecule has 4 atom stereocenters. The Balaban J connectivity index is 2.17. The highest BCUT2D eigenvalue weighted by Crippen LogP contribution is 2.47.